The first-order valence-corrected chi connectivity index (χ1v) is 8.59. The maximum absolute atomic E-state index is 6.08. The van der Waals surface area contributed by atoms with E-state index in [0.717, 1.165) is 57.1 Å². The highest BCUT2D eigenvalue weighted by Crippen LogP contribution is 2.41. The SMILES string of the molecule is C=CCOCC12CCCOC1CCN(Cc1c(C)noc1C)C2. The smallest absolute Gasteiger partial charge is 0.138 e. The van der Waals surface area contributed by atoms with Gasteiger partial charge in [-0.1, -0.05) is 11.2 Å². The summed E-state index contributed by atoms with van der Waals surface area (Å²) in [6.07, 6.45) is 5.50. The van der Waals surface area contributed by atoms with Crippen LogP contribution in [0.2, 0.25) is 0 Å². The normalized spacial score (nSPS) is 28.5. The van der Waals surface area contributed by atoms with Crippen LogP contribution in [0.3, 0.4) is 0 Å². The fourth-order valence-electron chi connectivity index (χ4n) is 4.02. The summed E-state index contributed by atoms with van der Waals surface area (Å²) in [5.41, 5.74) is 2.34. The maximum atomic E-state index is 6.08. The van der Waals surface area contributed by atoms with Crippen molar-refractivity contribution in [3.8, 4) is 0 Å². The minimum absolute atomic E-state index is 0.110. The van der Waals surface area contributed by atoms with Crippen LogP contribution in [0.15, 0.2) is 17.2 Å². The standard InChI is InChI=1S/C18H28N2O3/c1-4-9-21-13-18-7-5-10-22-17(18)6-8-20(12-18)11-16-14(2)19-23-15(16)3/h4,17H,1,5-13H2,2-3H3. The molecule has 1 aromatic rings. The zero-order chi connectivity index (χ0) is 16.3. The number of piperidine rings is 1. The van der Waals surface area contributed by atoms with E-state index in [2.05, 4.69) is 16.6 Å². The van der Waals surface area contributed by atoms with Crippen LogP contribution in [0.1, 0.15) is 36.3 Å². The molecular formula is C18H28N2O3. The topological polar surface area (TPSA) is 47.7 Å². The molecule has 1 aromatic heterocycles. The lowest BCUT2D eigenvalue weighted by Gasteiger charge is -2.50. The van der Waals surface area contributed by atoms with Gasteiger partial charge in [-0.15, -0.1) is 6.58 Å². The molecule has 0 aromatic carbocycles. The summed E-state index contributed by atoms with van der Waals surface area (Å²) in [4.78, 5) is 2.51. The molecule has 5 heteroatoms. The fourth-order valence-corrected chi connectivity index (χ4v) is 4.02. The molecule has 2 unspecified atom stereocenters. The van der Waals surface area contributed by atoms with Crippen LogP contribution < -0.4 is 0 Å². The predicted octanol–water partition coefficient (Wildman–Crippen LogP) is 2.87. The zero-order valence-corrected chi connectivity index (χ0v) is 14.3. The summed E-state index contributed by atoms with van der Waals surface area (Å²) in [5, 5.41) is 4.08. The van der Waals surface area contributed by atoms with Crippen LogP contribution in [0, 0.1) is 19.3 Å². The molecular weight excluding hydrogens is 292 g/mol. The van der Waals surface area contributed by atoms with Crippen LogP contribution in [0.4, 0.5) is 0 Å². The Balaban J connectivity index is 1.71. The third-order valence-corrected chi connectivity index (χ3v) is 5.26. The predicted molar refractivity (Wildman–Crippen MR) is 88.3 cm³/mol. The van der Waals surface area contributed by atoms with Crippen molar-refractivity contribution in [3.63, 3.8) is 0 Å². The van der Waals surface area contributed by atoms with Crippen molar-refractivity contribution >= 4 is 0 Å². The van der Waals surface area contributed by atoms with E-state index in [1.165, 1.54) is 12.0 Å². The van der Waals surface area contributed by atoms with E-state index in [4.69, 9.17) is 14.0 Å². The Morgan fingerprint density at radius 2 is 2.35 bits per heavy atom. The number of hydrogen-bond acceptors (Lipinski definition) is 5. The Hall–Kier alpha value is -1.17. The lowest BCUT2D eigenvalue weighted by molar-refractivity contribution is -0.152. The summed E-state index contributed by atoms with van der Waals surface area (Å²) in [6, 6.07) is 0. The number of aromatic nitrogens is 1. The van der Waals surface area contributed by atoms with Crippen molar-refractivity contribution in [2.75, 3.05) is 32.9 Å². The van der Waals surface area contributed by atoms with Gasteiger partial charge in [-0.3, -0.25) is 4.90 Å². The number of likely N-dealkylation sites (tertiary alicyclic amines) is 1. The van der Waals surface area contributed by atoms with Gasteiger partial charge >= 0.3 is 0 Å². The highest BCUT2D eigenvalue weighted by Gasteiger charge is 2.46. The van der Waals surface area contributed by atoms with Gasteiger partial charge < -0.3 is 14.0 Å². The number of hydrogen-bond donors (Lipinski definition) is 0. The maximum Gasteiger partial charge on any atom is 0.138 e. The van der Waals surface area contributed by atoms with Crippen LogP contribution in [-0.2, 0) is 16.0 Å². The van der Waals surface area contributed by atoms with Crippen molar-refractivity contribution < 1.29 is 14.0 Å². The minimum Gasteiger partial charge on any atom is -0.377 e. The highest BCUT2D eigenvalue weighted by atomic mass is 16.5. The van der Waals surface area contributed by atoms with Gasteiger partial charge in [0.15, 0.2) is 0 Å². The van der Waals surface area contributed by atoms with Crippen molar-refractivity contribution in [2.24, 2.45) is 5.41 Å². The molecule has 0 radical (unpaired) electrons. The molecule has 128 valence electrons. The van der Waals surface area contributed by atoms with Gasteiger partial charge in [0.2, 0.25) is 0 Å². The monoisotopic (exact) mass is 320 g/mol. The zero-order valence-electron chi connectivity index (χ0n) is 14.3. The molecule has 5 nitrogen and oxygen atoms in total. The third kappa shape index (κ3) is 3.52. The fraction of sp³-hybridized carbons (Fsp3) is 0.722. The van der Waals surface area contributed by atoms with E-state index in [1.54, 1.807) is 0 Å². The first kappa shape index (κ1) is 16.7. The van der Waals surface area contributed by atoms with E-state index >= 15 is 0 Å². The molecule has 0 N–H and O–H groups in total. The summed E-state index contributed by atoms with van der Waals surface area (Å²) in [6.45, 7) is 13.0. The van der Waals surface area contributed by atoms with Crippen LogP contribution >= 0.6 is 0 Å². The molecule has 2 saturated heterocycles. The minimum atomic E-state index is 0.110. The lowest BCUT2D eigenvalue weighted by Crippen LogP contribution is -2.56. The molecule has 23 heavy (non-hydrogen) atoms. The van der Waals surface area contributed by atoms with Gasteiger partial charge in [-0.25, -0.2) is 0 Å². The van der Waals surface area contributed by atoms with Gasteiger partial charge in [0.1, 0.15) is 5.76 Å². The van der Waals surface area contributed by atoms with Crippen molar-refractivity contribution in [1.29, 1.82) is 0 Å². The molecule has 0 aliphatic carbocycles. The molecule has 0 saturated carbocycles. The number of rotatable bonds is 6. The van der Waals surface area contributed by atoms with Gasteiger partial charge in [-0.2, -0.15) is 0 Å². The molecule has 2 aliphatic heterocycles. The first-order valence-electron chi connectivity index (χ1n) is 8.59. The molecule has 3 rings (SSSR count). The largest absolute Gasteiger partial charge is 0.377 e. The van der Waals surface area contributed by atoms with Crippen LogP contribution in [0.25, 0.3) is 0 Å². The number of nitrogens with zero attached hydrogens (tertiary/aromatic N) is 2. The number of ether oxygens (including phenoxy) is 2. The Morgan fingerprint density at radius 1 is 1.48 bits per heavy atom. The Labute approximate surface area is 138 Å². The lowest BCUT2D eigenvalue weighted by atomic mass is 9.73. The van der Waals surface area contributed by atoms with E-state index in [1.807, 2.05) is 19.9 Å². The average molecular weight is 320 g/mol. The van der Waals surface area contributed by atoms with E-state index < -0.39 is 0 Å². The van der Waals surface area contributed by atoms with E-state index in [9.17, 15) is 0 Å². The Bertz CT molecular complexity index is 523. The third-order valence-electron chi connectivity index (χ3n) is 5.26. The highest BCUT2D eigenvalue weighted by molar-refractivity contribution is 5.20. The van der Waals surface area contributed by atoms with Crippen LogP contribution in [0.5, 0.6) is 0 Å². The molecule has 2 fully saturated rings. The Kier molecular flexibility index (Phi) is 5.19. The number of fused-ring (bicyclic) bond motifs is 1. The van der Waals surface area contributed by atoms with E-state index in [0.29, 0.717) is 12.7 Å². The molecule has 2 atom stereocenters. The second-order valence-electron chi connectivity index (χ2n) is 6.93. The quantitative estimate of drug-likeness (QED) is 0.596. The van der Waals surface area contributed by atoms with Crippen molar-refractivity contribution in [3.05, 3.63) is 29.7 Å². The van der Waals surface area contributed by atoms with E-state index in [-0.39, 0.29) is 5.41 Å². The summed E-state index contributed by atoms with van der Waals surface area (Å²) in [5.74, 6) is 0.932. The van der Waals surface area contributed by atoms with Gasteiger partial charge in [0, 0.05) is 37.2 Å². The van der Waals surface area contributed by atoms with Gasteiger partial charge in [0.05, 0.1) is 25.0 Å². The van der Waals surface area contributed by atoms with Crippen molar-refractivity contribution in [1.82, 2.24) is 10.1 Å². The molecule has 0 spiro atoms. The summed E-state index contributed by atoms with van der Waals surface area (Å²) in [7, 11) is 0. The number of aryl methyl sites for hydroxylation is 2. The van der Waals surface area contributed by atoms with Gasteiger partial charge in [0.25, 0.3) is 0 Å². The second kappa shape index (κ2) is 7.16. The van der Waals surface area contributed by atoms with Crippen molar-refractivity contribution in [2.45, 2.75) is 45.8 Å². The summed E-state index contributed by atoms with van der Waals surface area (Å²) < 4.78 is 17.3. The van der Waals surface area contributed by atoms with Crippen LogP contribution in [-0.4, -0.2) is 49.1 Å². The summed E-state index contributed by atoms with van der Waals surface area (Å²) >= 11 is 0. The molecule has 2 aliphatic rings. The second-order valence-corrected chi connectivity index (χ2v) is 6.93. The Morgan fingerprint density at radius 3 is 3.09 bits per heavy atom. The van der Waals surface area contributed by atoms with Gasteiger partial charge in [-0.05, 0) is 33.1 Å². The molecule has 0 bridgehead atoms. The average Bonchev–Trinajstić information content (AvgIpc) is 2.87. The first-order chi connectivity index (χ1) is 11.1. The molecule has 0 amide bonds. The molecule has 3 heterocycles.